The van der Waals surface area contributed by atoms with Gasteiger partial charge in [0.15, 0.2) is 11.6 Å². The van der Waals surface area contributed by atoms with Crippen molar-refractivity contribution in [2.75, 3.05) is 11.9 Å². The van der Waals surface area contributed by atoms with E-state index in [1.165, 1.54) is 13.8 Å². The number of ketones is 2. The molecule has 1 N–H and O–H groups in total. The average molecular weight is 399 g/mol. The molecule has 0 saturated carbocycles. The summed E-state index contributed by atoms with van der Waals surface area (Å²) in [6.07, 6.45) is -0.0918. The number of amides is 1. The topological polar surface area (TPSA) is 103 Å². The second-order valence-corrected chi connectivity index (χ2v) is 6.78. The van der Waals surface area contributed by atoms with Gasteiger partial charge in [-0.1, -0.05) is 12.1 Å². The number of Topliss-reactive ketones (excluding diaryl/α,β-unsaturated/α-hetero) is 2. The zero-order chi connectivity index (χ0) is 21.7. The van der Waals surface area contributed by atoms with Gasteiger partial charge in [-0.25, -0.2) is 4.79 Å². The van der Waals surface area contributed by atoms with Crippen LogP contribution in [0.5, 0.6) is 0 Å². The quantitative estimate of drug-likeness (QED) is 0.527. The molecule has 2 rings (SSSR count). The minimum absolute atomic E-state index is 0.00231. The number of rotatable bonds is 8. The van der Waals surface area contributed by atoms with Crippen LogP contribution < -0.4 is 5.32 Å². The maximum Gasteiger partial charge on any atom is 0.344 e. The lowest BCUT2D eigenvalue weighted by atomic mass is 10.0. The second kappa shape index (κ2) is 9.32. The molecule has 1 heterocycles. The van der Waals surface area contributed by atoms with E-state index in [1.807, 2.05) is 19.9 Å². The first-order valence-corrected chi connectivity index (χ1v) is 9.37. The van der Waals surface area contributed by atoms with Gasteiger partial charge in [0, 0.05) is 18.4 Å². The third-order valence-corrected chi connectivity index (χ3v) is 4.58. The zero-order valence-electron chi connectivity index (χ0n) is 17.3. The average Bonchev–Trinajstić information content (AvgIpc) is 2.98. The normalized spacial score (nSPS) is 10.5. The molecule has 0 aliphatic heterocycles. The predicted molar refractivity (Wildman–Crippen MR) is 108 cm³/mol. The Balaban J connectivity index is 2.13. The molecule has 1 amide bonds. The number of anilines is 1. The minimum atomic E-state index is -0.754. The van der Waals surface area contributed by atoms with Crippen LogP contribution in [0.3, 0.4) is 0 Å². The van der Waals surface area contributed by atoms with E-state index in [0.717, 1.165) is 11.1 Å². The fraction of sp³-hybridized carbons (Fsp3) is 0.364. The van der Waals surface area contributed by atoms with Crippen molar-refractivity contribution >= 4 is 29.3 Å². The molecule has 2 aromatic rings. The Hall–Kier alpha value is -3.22. The molecule has 0 radical (unpaired) electrons. The number of carbonyl (C=O) groups is 4. The van der Waals surface area contributed by atoms with Gasteiger partial charge in [0.05, 0.1) is 12.2 Å². The highest BCUT2D eigenvalue weighted by Crippen LogP contribution is 2.28. The van der Waals surface area contributed by atoms with Crippen LogP contribution in [0.1, 0.15) is 74.7 Å². The van der Waals surface area contributed by atoms with Gasteiger partial charge in [-0.05, 0) is 51.8 Å². The van der Waals surface area contributed by atoms with Crippen LogP contribution in [0.15, 0.2) is 22.6 Å². The third-order valence-electron chi connectivity index (χ3n) is 4.58. The number of carbonyl (C=O) groups excluding carboxylic acids is 4. The van der Waals surface area contributed by atoms with Crippen molar-refractivity contribution in [2.24, 2.45) is 0 Å². The highest BCUT2D eigenvalue weighted by Gasteiger charge is 2.28. The molecule has 0 bridgehead atoms. The minimum Gasteiger partial charge on any atom is -0.462 e. The highest BCUT2D eigenvalue weighted by molar-refractivity contribution is 6.11. The summed E-state index contributed by atoms with van der Waals surface area (Å²) in [6.45, 7) is 8.44. The van der Waals surface area contributed by atoms with E-state index in [-0.39, 0.29) is 53.8 Å². The van der Waals surface area contributed by atoms with Crippen LogP contribution in [-0.2, 0) is 9.53 Å². The lowest BCUT2D eigenvalue weighted by Gasteiger charge is -2.07. The maximum atomic E-state index is 12.4. The van der Waals surface area contributed by atoms with Gasteiger partial charge in [-0.2, -0.15) is 0 Å². The molecule has 1 aromatic heterocycles. The van der Waals surface area contributed by atoms with Crippen LogP contribution in [0, 0.1) is 20.8 Å². The van der Waals surface area contributed by atoms with E-state index >= 15 is 0 Å². The largest absolute Gasteiger partial charge is 0.462 e. The Morgan fingerprint density at radius 1 is 1.00 bits per heavy atom. The van der Waals surface area contributed by atoms with Crippen molar-refractivity contribution in [1.29, 1.82) is 0 Å². The molecule has 0 atom stereocenters. The molecule has 0 unspecified atom stereocenters. The van der Waals surface area contributed by atoms with Gasteiger partial charge in [0.2, 0.25) is 11.8 Å². The molecule has 0 fully saturated rings. The van der Waals surface area contributed by atoms with E-state index in [4.69, 9.17) is 9.15 Å². The number of hydrogen-bond donors (Lipinski definition) is 1. The Kier molecular flexibility index (Phi) is 7.09. The molecule has 154 valence electrons. The van der Waals surface area contributed by atoms with Crippen LogP contribution in [-0.4, -0.2) is 30.0 Å². The molecule has 7 nitrogen and oxygen atoms in total. The molecule has 1 aromatic carbocycles. The second-order valence-electron chi connectivity index (χ2n) is 6.78. The van der Waals surface area contributed by atoms with Crippen LogP contribution in [0.4, 0.5) is 5.88 Å². The molecule has 0 aliphatic rings. The number of nitrogens with one attached hydrogen (secondary N) is 1. The van der Waals surface area contributed by atoms with Crippen LogP contribution in [0.2, 0.25) is 0 Å². The first-order chi connectivity index (χ1) is 13.6. The van der Waals surface area contributed by atoms with Crippen LogP contribution >= 0.6 is 0 Å². The van der Waals surface area contributed by atoms with Gasteiger partial charge in [-0.15, -0.1) is 0 Å². The zero-order valence-corrected chi connectivity index (χ0v) is 17.3. The SMILES string of the molecule is CCOC(=O)c1c(NC(=O)CCC(=O)c2ccc(C)c(C)c2)oc(C)c1C(C)=O. The Bertz CT molecular complexity index is 970. The van der Waals surface area contributed by atoms with Crippen molar-refractivity contribution < 1.29 is 28.3 Å². The predicted octanol–water partition coefficient (Wildman–Crippen LogP) is 4.19. The van der Waals surface area contributed by atoms with Gasteiger partial charge in [-0.3, -0.25) is 19.7 Å². The molecular weight excluding hydrogens is 374 g/mol. The summed E-state index contributed by atoms with van der Waals surface area (Å²) in [6, 6.07) is 5.39. The summed E-state index contributed by atoms with van der Waals surface area (Å²) >= 11 is 0. The summed E-state index contributed by atoms with van der Waals surface area (Å²) in [7, 11) is 0. The number of ether oxygens (including phenoxy) is 1. The standard InChI is InChI=1S/C22H25NO6/c1-6-28-22(27)20-19(14(4)24)15(5)29-21(20)23-18(26)10-9-17(25)16-8-7-12(2)13(3)11-16/h7-8,11H,6,9-10H2,1-5H3,(H,23,26). The maximum absolute atomic E-state index is 12.4. The summed E-state index contributed by atoms with van der Waals surface area (Å²) in [5.74, 6) is -1.72. The monoisotopic (exact) mass is 399 g/mol. The fourth-order valence-electron chi connectivity index (χ4n) is 2.93. The smallest absolute Gasteiger partial charge is 0.344 e. The van der Waals surface area contributed by atoms with Crippen molar-refractivity contribution in [2.45, 2.75) is 47.5 Å². The number of benzene rings is 1. The van der Waals surface area contributed by atoms with Crippen molar-refractivity contribution in [3.05, 3.63) is 51.8 Å². The summed E-state index contributed by atoms with van der Waals surface area (Å²) in [5.41, 5.74) is 2.60. The number of esters is 1. The Morgan fingerprint density at radius 2 is 1.69 bits per heavy atom. The third kappa shape index (κ3) is 5.19. The summed E-state index contributed by atoms with van der Waals surface area (Å²) in [4.78, 5) is 48.8. The molecule has 0 spiro atoms. The molecule has 0 saturated heterocycles. The lowest BCUT2D eigenvalue weighted by molar-refractivity contribution is -0.116. The molecule has 0 aliphatic carbocycles. The Morgan fingerprint density at radius 3 is 2.28 bits per heavy atom. The number of furan rings is 1. The molecular formula is C22H25NO6. The molecule has 7 heteroatoms. The van der Waals surface area contributed by atoms with Gasteiger partial charge in [0.1, 0.15) is 11.3 Å². The Labute approximate surface area is 169 Å². The van der Waals surface area contributed by atoms with E-state index in [2.05, 4.69) is 5.32 Å². The first-order valence-electron chi connectivity index (χ1n) is 9.37. The number of hydrogen-bond acceptors (Lipinski definition) is 6. The summed E-state index contributed by atoms with van der Waals surface area (Å²) < 4.78 is 10.4. The van der Waals surface area contributed by atoms with E-state index in [0.29, 0.717) is 5.56 Å². The van der Waals surface area contributed by atoms with E-state index < -0.39 is 11.9 Å². The fourth-order valence-corrected chi connectivity index (χ4v) is 2.93. The van der Waals surface area contributed by atoms with Gasteiger partial charge >= 0.3 is 5.97 Å². The van der Waals surface area contributed by atoms with Crippen molar-refractivity contribution in [1.82, 2.24) is 0 Å². The molecule has 29 heavy (non-hydrogen) atoms. The van der Waals surface area contributed by atoms with Gasteiger partial charge < -0.3 is 9.15 Å². The van der Waals surface area contributed by atoms with Crippen molar-refractivity contribution in [3.8, 4) is 0 Å². The summed E-state index contributed by atoms with van der Waals surface area (Å²) in [5, 5.41) is 2.48. The van der Waals surface area contributed by atoms with Crippen molar-refractivity contribution in [3.63, 3.8) is 0 Å². The first kappa shape index (κ1) is 22.1. The van der Waals surface area contributed by atoms with E-state index in [9.17, 15) is 19.2 Å². The van der Waals surface area contributed by atoms with Gasteiger partial charge in [0.25, 0.3) is 0 Å². The van der Waals surface area contributed by atoms with E-state index in [1.54, 1.807) is 19.1 Å². The highest BCUT2D eigenvalue weighted by atomic mass is 16.5. The lowest BCUT2D eigenvalue weighted by Crippen LogP contribution is -2.17. The number of aryl methyl sites for hydroxylation is 3. The van der Waals surface area contributed by atoms with Crippen LogP contribution in [0.25, 0.3) is 0 Å².